The summed E-state index contributed by atoms with van der Waals surface area (Å²) in [5, 5.41) is 0. The van der Waals surface area contributed by atoms with Crippen LogP contribution in [0.3, 0.4) is 0 Å². The van der Waals surface area contributed by atoms with Crippen LogP contribution in [0, 0.1) is 0 Å². The van der Waals surface area contributed by atoms with Crippen molar-refractivity contribution in [3.05, 3.63) is 68.1 Å². The molecule has 1 saturated carbocycles. The maximum Gasteiger partial charge on any atom is 0.0562 e. The largest absolute Gasteiger partial charge is 0.320 e. The van der Waals surface area contributed by atoms with Gasteiger partial charge in [0.15, 0.2) is 0 Å². The Morgan fingerprint density at radius 2 is 1.85 bits per heavy atom. The summed E-state index contributed by atoms with van der Waals surface area (Å²) in [5.74, 6) is 0.746. The van der Waals surface area contributed by atoms with E-state index in [9.17, 15) is 0 Å². The van der Waals surface area contributed by atoms with Crippen molar-refractivity contribution in [3.8, 4) is 0 Å². The Morgan fingerprint density at radius 1 is 1.05 bits per heavy atom. The van der Waals surface area contributed by atoms with E-state index < -0.39 is 0 Å². The molecule has 0 bridgehead atoms. The Bertz CT molecular complexity index is 620. The molecule has 1 unspecified atom stereocenters. The van der Waals surface area contributed by atoms with Crippen molar-refractivity contribution in [2.24, 2.45) is 5.73 Å². The van der Waals surface area contributed by atoms with Gasteiger partial charge in [0.05, 0.1) is 6.04 Å². The first-order chi connectivity index (χ1) is 9.65. The van der Waals surface area contributed by atoms with Crippen molar-refractivity contribution >= 4 is 31.9 Å². The summed E-state index contributed by atoms with van der Waals surface area (Å²) in [6.07, 6.45) is 4.00. The molecule has 0 aromatic heterocycles. The van der Waals surface area contributed by atoms with Gasteiger partial charge in [0.2, 0.25) is 0 Å². The molecule has 0 saturated heterocycles. The van der Waals surface area contributed by atoms with Crippen LogP contribution in [0.2, 0.25) is 0 Å². The van der Waals surface area contributed by atoms with Crippen LogP contribution in [0.25, 0.3) is 0 Å². The van der Waals surface area contributed by atoms with Gasteiger partial charge in [-0.25, -0.2) is 0 Å². The minimum atomic E-state index is -0.0856. The predicted molar refractivity (Wildman–Crippen MR) is 90.9 cm³/mol. The summed E-state index contributed by atoms with van der Waals surface area (Å²) in [6.45, 7) is 0. The molecule has 0 aliphatic heterocycles. The molecule has 1 atom stereocenters. The fourth-order valence-electron chi connectivity index (χ4n) is 2.68. The first-order valence-corrected chi connectivity index (χ1v) is 8.54. The second-order valence-electron chi connectivity index (χ2n) is 5.44. The highest BCUT2D eigenvalue weighted by atomic mass is 79.9. The van der Waals surface area contributed by atoms with E-state index in [2.05, 4.69) is 62.2 Å². The monoisotopic (exact) mass is 393 g/mol. The van der Waals surface area contributed by atoms with E-state index in [4.69, 9.17) is 5.73 Å². The lowest BCUT2D eigenvalue weighted by Crippen LogP contribution is -2.14. The summed E-state index contributed by atoms with van der Waals surface area (Å²) < 4.78 is 2.11. The zero-order chi connectivity index (χ0) is 14.1. The van der Waals surface area contributed by atoms with Crippen LogP contribution in [-0.4, -0.2) is 0 Å². The molecule has 0 amide bonds. The third kappa shape index (κ3) is 2.85. The maximum atomic E-state index is 6.45. The van der Waals surface area contributed by atoms with Crippen LogP contribution < -0.4 is 5.73 Å². The summed E-state index contributed by atoms with van der Waals surface area (Å²) in [6, 6.07) is 14.9. The second kappa shape index (κ2) is 6.00. The first-order valence-electron chi connectivity index (χ1n) is 6.95. The number of hydrogen-bond acceptors (Lipinski definition) is 1. The molecular weight excluding hydrogens is 378 g/mol. The number of nitrogens with two attached hydrogens (primary N) is 1. The third-order valence-corrected chi connectivity index (χ3v) is 5.32. The number of rotatable bonds is 3. The van der Waals surface area contributed by atoms with Crippen molar-refractivity contribution in [2.75, 3.05) is 0 Å². The van der Waals surface area contributed by atoms with E-state index in [0.29, 0.717) is 0 Å². The van der Waals surface area contributed by atoms with Crippen molar-refractivity contribution in [2.45, 2.75) is 31.2 Å². The smallest absolute Gasteiger partial charge is 0.0562 e. The molecule has 3 heteroatoms. The lowest BCUT2D eigenvalue weighted by Gasteiger charge is -2.26. The van der Waals surface area contributed by atoms with Crippen molar-refractivity contribution in [1.29, 1.82) is 0 Å². The minimum Gasteiger partial charge on any atom is -0.320 e. The maximum absolute atomic E-state index is 6.45. The molecule has 1 fully saturated rings. The van der Waals surface area contributed by atoms with Gasteiger partial charge >= 0.3 is 0 Å². The van der Waals surface area contributed by atoms with Crippen LogP contribution in [0.5, 0.6) is 0 Å². The van der Waals surface area contributed by atoms with Gasteiger partial charge in [0, 0.05) is 8.95 Å². The third-order valence-electron chi connectivity index (χ3n) is 4.14. The fourth-order valence-corrected chi connectivity index (χ4v) is 3.97. The topological polar surface area (TPSA) is 26.0 Å². The van der Waals surface area contributed by atoms with E-state index in [-0.39, 0.29) is 6.04 Å². The first kappa shape index (κ1) is 14.3. The number of halogens is 2. The van der Waals surface area contributed by atoms with Crippen LogP contribution in [0.15, 0.2) is 51.4 Å². The standard InChI is InChI=1S/C17H17Br2N/c18-14-7-8-15(16(19)10-14)17(20)13-6-2-5-12(9-13)11-3-1-4-11/h2,5-11,17H,1,3-4,20H2. The molecule has 104 valence electrons. The van der Waals surface area contributed by atoms with E-state index in [1.165, 1.54) is 30.4 Å². The van der Waals surface area contributed by atoms with E-state index in [1.54, 1.807) is 0 Å². The molecule has 0 heterocycles. The molecule has 2 aromatic rings. The van der Waals surface area contributed by atoms with Crippen LogP contribution >= 0.6 is 31.9 Å². The van der Waals surface area contributed by atoms with Crippen LogP contribution in [0.4, 0.5) is 0 Å². The average Bonchev–Trinajstić information content (AvgIpc) is 2.36. The fraction of sp³-hybridized carbons (Fsp3) is 0.294. The van der Waals surface area contributed by atoms with Gasteiger partial charge < -0.3 is 5.73 Å². The van der Waals surface area contributed by atoms with Crippen molar-refractivity contribution in [1.82, 2.24) is 0 Å². The summed E-state index contributed by atoms with van der Waals surface area (Å²) in [4.78, 5) is 0. The molecule has 0 radical (unpaired) electrons. The van der Waals surface area contributed by atoms with Crippen molar-refractivity contribution in [3.63, 3.8) is 0 Å². The summed E-state index contributed by atoms with van der Waals surface area (Å²) in [7, 11) is 0. The van der Waals surface area contributed by atoms with Gasteiger partial charge in [-0.2, -0.15) is 0 Å². The number of benzene rings is 2. The summed E-state index contributed by atoms with van der Waals surface area (Å²) >= 11 is 7.09. The van der Waals surface area contributed by atoms with Gasteiger partial charge in [-0.3, -0.25) is 0 Å². The molecule has 0 spiro atoms. The summed E-state index contributed by atoms with van der Waals surface area (Å²) in [5.41, 5.74) is 10.2. The lowest BCUT2D eigenvalue weighted by atomic mass is 9.79. The Morgan fingerprint density at radius 3 is 2.50 bits per heavy atom. The highest BCUT2D eigenvalue weighted by Gasteiger charge is 2.20. The minimum absolute atomic E-state index is 0.0856. The predicted octanol–water partition coefficient (Wildman–Crippen LogP) is 5.53. The molecule has 1 aliphatic rings. The van der Waals surface area contributed by atoms with E-state index >= 15 is 0 Å². The van der Waals surface area contributed by atoms with Gasteiger partial charge in [-0.1, -0.05) is 68.6 Å². The Labute approximate surface area is 136 Å². The molecule has 2 aromatic carbocycles. The van der Waals surface area contributed by atoms with Crippen molar-refractivity contribution < 1.29 is 0 Å². The van der Waals surface area contributed by atoms with E-state index in [1.807, 2.05) is 12.1 Å². The van der Waals surface area contributed by atoms with Crippen LogP contribution in [-0.2, 0) is 0 Å². The highest BCUT2D eigenvalue weighted by Crippen LogP contribution is 2.37. The molecule has 3 rings (SSSR count). The molecule has 1 nitrogen and oxygen atoms in total. The average molecular weight is 395 g/mol. The second-order valence-corrected chi connectivity index (χ2v) is 7.21. The Kier molecular flexibility index (Phi) is 4.29. The van der Waals surface area contributed by atoms with Gasteiger partial charge in [-0.15, -0.1) is 0 Å². The van der Waals surface area contributed by atoms with E-state index in [0.717, 1.165) is 20.4 Å². The molecule has 20 heavy (non-hydrogen) atoms. The number of hydrogen-bond donors (Lipinski definition) is 1. The van der Waals surface area contributed by atoms with Gasteiger partial charge in [-0.05, 0) is 47.6 Å². The van der Waals surface area contributed by atoms with Gasteiger partial charge in [0.25, 0.3) is 0 Å². The molecule has 1 aliphatic carbocycles. The molecule has 2 N–H and O–H groups in total. The normalized spacial score (nSPS) is 16.8. The lowest BCUT2D eigenvalue weighted by molar-refractivity contribution is 0.419. The Balaban J connectivity index is 1.91. The van der Waals surface area contributed by atoms with Gasteiger partial charge in [0.1, 0.15) is 0 Å². The Hall–Kier alpha value is -0.640. The zero-order valence-corrected chi connectivity index (χ0v) is 14.3. The van der Waals surface area contributed by atoms with Crippen LogP contribution in [0.1, 0.15) is 47.9 Å². The zero-order valence-electron chi connectivity index (χ0n) is 11.2. The SMILES string of the molecule is NC(c1cccc(C2CCC2)c1)c1ccc(Br)cc1Br. The highest BCUT2D eigenvalue weighted by molar-refractivity contribution is 9.11. The quantitative estimate of drug-likeness (QED) is 0.727. The molecular formula is C17H17Br2N.